The number of hydrogen-bond acceptors (Lipinski definition) is 9. The van der Waals surface area contributed by atoms with Crippen LogP contribution in [0.3, 0.4) is 0 Å². The number of rotatable bonds is 9. The second-order valence-corrected chi connectivity index (χ2v) is 11.0. The van der Waals surface area contributed by atoms with Gasteiger partial charge in [0, 0.05) is 41.4 Å². The number of nitrogens with one attached hydrogen (secondary N) is 4. The number of benzene rings is 1. The van der Waals surface area contributed by atoms with Gasteiger partial charge < -0.3 is 21.1 Å². The van der Waals surface area contributed by atoms with Gasteiger partial charge >= 0.3 is 0 Å². The summed E-state index contributed by atoms with van der Waals surface area (Å²) in [6, 6.07) is 11.3. The molecule has 202 valence electrons. The monoisotopic (exact) mass is 547 g/mol. The summed E-state index contributed by atoms with van der Waals surface area (Å²) in [5.74, 6) is 1.21. The molecule has 2 fully saturated rings. The standard InChI is InChI=1S/C26H29N9O3S/c1-15-10-22(32-31-15)29-24-21-11-18(27-23(37)14-34-9-8-19(36)13-34)12-35(21)33-26(30-24)39-20-6-4-17(5-7-20)28-25(38)16-2-3-16/h4-7,10-12,16,19,36H,2-3,8-9,13-14H2,1H3,(H,27,37)(H,28,38)(H2,29,30,31,32,33)/t19-/m1/s1. The van der Waals surface area contributed by atoms with E-state index in [1.807, 2.05) is 48.2 Å². The lowest BCUT2D eigenvalue weighted by Crippen LogP contribution is -2.32. The Hall–Kier alpha value is -3.94. The molecule has 1 aliphatic heterocycles. The second kappa shape index (κ2) is 10.7. The number of aliphatic hydroxyl groups is 1. The molecule has 1 saturated heterocycles. The molecule has 3 aromatic heterocycles. The number of aromatic amines is 1. The number of amides is 2. The first-order valence-electron chi connectivity index (χ1n) is 12.9. The van der Waals surface area contributed by atoms with Gasteiger partial charge in [-0.15, -0.1) is 5.10 Å². The van der Waals surface area contributed by atoms with Gasteiger partial charge in [0.05, 0.1) is 24.5 Å². The number of nitrogens with zero attached hydrogens (tertiary/aromatic N) is 5. The Bertz CT molecular complexity index is 1510. The number of aliphatic hydroxyl groups excluding tert-OH is 1. The Balaban J connectivity index is 1.22. The quantitative estimate of drug-likeness (QED) is 0.213. The van der Waals surface area contributed by atoms with Gasteiger partial charge in [0.2, 0.25) is 17.0 Å². The summed E-state index contributed by atoms with van der Waals surface area (Å²) in [6.07, 6.45) is 3.97. The fourth-order valence-electron chi connectivity index (χ4n) is 4.45. The van der Waals surface area contributed by atoms with E-state index in [4.69, 9.17) is 4.98 Å². The molecule has 13 heteroatoms. The first-order valence-corrected chi connectivity index (χ1v) is 13.7. The largest absolute Gasteiger partial charge is 0.392 e. The van der Waals surface area contributed by atoms with Gasteiger partial charge in [0.25, 0.3) is 0 Å². The number of aromatic nitrogens is 5. The zero-order chi connectivity index (χ0) is 26.9. The van der Waals surface area contributed by atoms with E-state index in [0.29, 0.717) is 47.5 Å². The number of H-pyrrole nitrogens is 1. The lowest BCUT2D eigenvalue weighted by molar-refractivity contribution is -0.118. The van der Waals surface area contributed by atoms with E-state index in [9.17, 15) is 14.7 Å². The maximum atomic E-state index is 12.6. The van der Waals surface area contributed by atoms with Crippen molar-refractivity contribution in [2.75, 3.05) is 35.6 Å². The topological polar surface area (TPSA) is 153 Å². The smallest absolute Gasteiger partial charge is 0.238 e. The second-order valence-electron chi connectivity index (χ2n) is 9.98. The molecule has 0 spiro atoms. The number of β-amino-alcohol motifs (C(OH)–C–C–N with tert-alkyl or cyclic N) is 1. The summed E-state index contributed by atoms with van der Waals surface area (Å²) in [5, 5.41) is 31.2. The number of carbonyl (C=O) groups is 2. The summed E-state index contributed by atoms with van der Waals surface area (Å²) in [7, 11) is 0. The highest BCUT2D eigenvalue weighted by Gasteiger charge is 2.29. The first-order chi connectivity index (χ1) is 18.9. The van der Waals surface area contributed by atoms with Gasteiger partial charge in [-0.05, 0) is 68.3 Å². The molecule has 6 rings (SSSR count). The third-order valence-corrected chi connectivity index (χ3v) is 7.44. The van der Waals surface area contributed by atoms with Crippen LogP contribution in [0.5, 0.6) is 0 Å². The molecular formula is C26H29N9O3S. The van der Waals surface area contributed by atoms with Crippen LogP contribution in [0, 0.1) is 12.8 Å². The van der Waals surface area contributed by atoms with Crippen molar-refractivity contribution in [3.63, 3.8) is 0 Å². The highest BCUT2D eigenvalue weighted by Crippen LogP contribution is 2.32. The van der Waals surface area contributed by atoms with Crippen LogP contribution in [0.2, 0.25) is 0 Å². The van der Waals surface area contributed by atoms with Crippen molar-refractivity contribution < 1.29 is 14.7 Å². The number of anilines is 4. The predicted molar refractivity (Wildman–Crippen MR) is 147 cm³/mol. The minimum Gasteiger partial charge on any atom is -0.392 e. The van der Waals surface area contributed by atoms with Crippen molar-refractivity contribution in [2.24, 2.45) is 5.92 Å². The van der Waals surface area contributed by atoms with Crippen LogP contribution in [-0.2, 0) is 9.59 Å². The average molecular weight is 548 g/mol. The van der Waals surface area contributed by atoms with Crippen LogP contribution in [0.4, 0.5) is 23.0 Å². The van der Waals surface area contributed by atoms with E-state index in [1.54, 1.807) is 10.7 Å². The number of carbonyl (C=O) groups excluding carboxylic acids is 2. The molecule has 2 aliphatic rings. The van der Waals surface area contributed by atoms with Crippen LogP contribution in [-0.4, -0.2) is 72.4 Å². The summed E-state index contributed by atoms with van der Waals surface area (Å²) in [4.78, 5) is 32.3. The minimum atomic E-state index is -0.377. The molecule has 1 aromatic carbocycles. The normalized spacial score (nSPS) is 17.4. The fourth-order valence-corrected chi connectivity index (χ4v) is 5.20. The summed E-state index contributed by atoms with van der Waals surface area (Å²) in [5.41, 5.74) is 2.93. The van der Waals surface area contributed by atoms with Crippen molar-refractivity contribution in [2.45, 2.75) is 42.3 Å². The number of hydrogen-bond donors (Lipinski definition) is 5. The highest BCUT2D eigenvalue weighted by molar-refractivity contribution is 7.99. The molecule has 1 aliphatic carbocycles. The van der Waals surface area contributed by atoms with Gasteiger partial charge in [0.15, 0.2) is 11.6 Å². The molecule has 5 N–H and O–H groups in total. The molecule has 1 atom stereocenters. The van der Waals surface area contributed by atoms with E-state index in [1.165, 1.54) is 11.8 Å². The molecule has 0 unspecified atom stereocenters. The van der Waals surface area contributed by atoms with Gasteiger partial charge in [-0.2, -0.15) is 5.10 Å². The number of aryl methyl sites for hydroxylation is 1. The summed E-state index contributed by atoms with van der Waals surface area (Å²) >= 11 is 1.38. The van der Waals surface area contributed by atoms with Gasteiger partial charge in [-0.25, -0.2) is 9.50 Å². The van der Waals surface area contributed by atoms with Crippen LogP contribution < -0.4 is 16.0 Å². The Morgan fingerprint density at radius 1 is 1.13 bits per heavy atom. The zero-order valence-electron chi connectivity index (χ0n) is 21.3. The summed E-state index contributed by atoms with van der Waals surface area (Å²) in [6.45, 7) is 3.33. The molecule has 0 radical (unpaired) electrons. The average Bonchev–Trinajstić information content (AvgIpc) is 3.38. The van der Waals surface area contributed by atoms with Crippen LogP contribution in [0.25, 0.3) is 5.52 Å². The number of likely N-dealkylation sites (tertiary alicyclic amines) is 1. The van der Waals surface area contributed by atoms with Crippen LogP contribution in [0.15, 0.2) is 52.6 Å². The summed E-state index contributed by atoms with van der Waals surface area (Å²) < 4.78 is 1.68. The van der Waals surface area contributed by atoms with Gasteiger partial charge in [-0.1, -0.05) is 0 Å². The number of fused-ring (bicyclic) bond motifs is 1. The molecule has 0 bridgehead atoms. The maximum absolute atomic E-state index is 12.6. The highest BCUT2D eigenvalue weighted by atomic mass is 32.2. The van der Waals surface area contributed by atoms with Crippen molar-refractivity contribution in [3.8, 4) is 0 Å². The van der Waals surface area contributed by atoms with Crippen LogP contribution in [0.1, 0.15) is 25.0 Å². The predicted octanol–water partition coefficient (Wildman–Crippen LogP) is 3.01. The fraction of sp³-hybridized carbons (Fsp3) is 0.346. The van der Waals surface area contributed by atoms with E-state index >= 15 is 0 Å². The van der Waals surface area contributed by atoms with Gasteiger partial charge in [0.1, 0.15) is 5.52 Å². The molecule has 2 amide bonds. The Morgan fingerprint density at radius 3 is 2.64 bits per heavy atom. The van der Waals surface area contributed by atoms with Gasteiger partial charge in [-0.3, -0.25) is 19.6 Å². The first kappa shape index (κ1) is 25.3. The molecular weight excluding hydrogens is 518 g/mol. The zero-order valence-corrected chi connectivity index (χ0v) is 22.2. The van der Waals surface area contributed by atoms with Crippen LogP contribution >= 0.6 is 11.8 Å². The lowest BCUT2D eigenvalue weighted by atomic mass is 10.3. The third-order valence-electron chi connectivity index (χ3n) is 6.57. The Morgan fingerprint density at radius 2 is 1.95 bits per heavy atom. The maximum Gasteiger partial charge on any atom is 0.238 e. The van der Waals surface area contributed by atoms with E-state index in [2.05, 4.69) is 31.2 Å². The third kappa shape index (κ3) is 6.21. The van der Waals surface area contributed by atoms with Crippen molar-refractivity contribution in [1.29, 1.82) is 0 Å². The SMILES string of the molecule is Cc1cc(Nc2nc(Sc3ccc(NC(=O)C4CC4)cc3)nn3cc(NC(=O)CN4CC[C@@H](O)C4)cc23)n[nH]1. The Kier molecular flexibility index (Phi) is 6.94. The molecule has 1 saturated carbocycles. The molecule has 12 nitrogen and oxygen atoms in total. The Labute approximate surface area is 228 Å². The lowest BCUT2D eigenvalue weighted by Gasteiger charge is -2.13. The molecule has 4 heterocycles. The molecule has 39 heavy (non-hydrogen) atoms. The minimum absolute atomic E-state index is 0.0713. The molecule has 4 aromatic rings. The van der Waals surface area contributed by atoms with Crippen molar-refractivity contribution in [3.05, 3.63) is 48.3 Å². The van der Waals surface area contributed by atoms with E-state index < -0.39 is 0 Å². The van der Waals surface area contributed by atoms with E-state index in [0.717, 1.165) is 29.1 Å². The van der Waals surface area contributed by atoms with E-state index in [-0.39, 0.29) is 30.4 Å². The van der Waals surface area contributed by atoms with Crippen molar-refractivity contribution in [1.82, 2.24) is 29.7 Å². The van der Waals surface area contributed by atoms with Crippen molar-refractivity contribution >= 4 is 52.1 Å².